The molecule has 2 rings (SSSR count). The summed E-state index contributed by atoms with van der Waals surface area (Å²) in [5, 5.41) is 10.3. The number of hydrogen-bond acceptors (Lipinski definition) is 3. The molecule has 0 amide bonds. The number of carbonyl (C=O) groups excluding carboxylic acids is 1. The summed E-state index contributed by atoms with van der Waals surface area (Å²) < 4.78 is 8.17. The molecule has 1 N–H and O–H groups in total. The highest BCUT2D eigenvalue weighted by molar-refractivity contribution is 7.00. The minimum Gasteiger partial charge on any atom is -0.481 e. The third-order valence-electron chi connectivity index (χ3n) is 7.10. The molecule has 4 nitrogen and oxygen atoms in total. The standard InChI is InChI=1S/C25H38O3.H2OP/c1-6-7-8-10-13-24(5,23(27)28)25(14-11-9-12-15-25)22(26)21-19(3)16-18(2)17-20(21)4;1-2/h16-17H,6-15H2,1-5H3,(H,27,28);2H2/q;+1. The third-order valence-corrected chi connectivity index (χ3v) is 7.10. The van der Waals surface area contributed by atoms with Crippen LogP contribution in [0.4, 0.5) is 0 Å². The molecule has 0 bridgehead atoms. The van der Waals surface area contributed by atoms with E-state index in [-0.39, 0.29) is 5.78 Å². The Morgan fingerprint density at radius 1 is 1.00 bits per heavy atom. The lowest BCUT2D eigenvalue weighted by molar-refractivity contribution is -0.157. The molecule has 30 heavy (non-hydrogen) atoms. The Bertz CT molecular complexity index is 714. The van der Waals surface area contributed by atoms with Gasteiger partial charge in [0.25, 0.3) is 0 Å². The van der Waals surface area contributed by atoms with Crippen LogP contribution in [0.15, 0.2) is 12.1 Å². The van der Waals surface area contributed by atoms with Crippen molar-refractivity contribution in [3.05, 3.63) is 34.4 Å². The number of benzene rings is 1. The van der Waals surface area contributed by atoms with Crippen LogP contribution in [0.5, 0.6) is 0 Å². The van der Waals surface area contributed by atoms with Gasteiger partial charge < -0.3 is 5.11 Å². The van der Waals surface area contributed by atoms with Gasteiger partial charge in [-0.15, -0.1) is 0 Å². The van der Waals surface area contributed by atoms with Gasteiger partial charge in [0.15, 0.2) is 5.78 Å². The van der Waals surface area contributed by atoms with Crippen molar-refractivity contribution in [1.82, 2.24) is 0 Å². The Kier molecular flexibility index (Phi) is 10.4. The summed E-state index contributed by atoms with van der Waals surface area (Å²) in [5.74, 6) is -0.732. The van der Waals surface area contributed by atoms with Gasteiger partial charge in [0.1, 0.15) is 0 Å². The van der Waals surface area contributed by atoms with E-state index < -0.39 is 16.8 Å². The molecule has 1 aliphatic carbocycles. The third kappa shape index (κ3) is 5.38. The summed E-state index contributed by atoms with van der Waals surface area (Å²) in [6.07, 6.45) is 9.07. The van der Waals surface area contributed by atoms with Gasteiger partial charge in [0.05, 0.1) is 5.41 Å². The molecule has 0 heterocycles. The molecule has 2 unspecified atom stereocenters. The highest BCUT2D eigenvalue weighted by Crippen LogP contribution is 2.55. The molecule has 0 saturated heterocycles. The fraction of sp³-hybridized carbons (Fsp3) is 0.680. The number of aliphatic carboxylic acids is 1. The maximum atomic E-state index is 14.1. The van der Waals surface area contributed by atoms with E-state index in [1.54, 1.807) is 0 Å². The van der Waals surface area contributed by atoms with Gasteiger partial charge in [-0.2, -0.15) is 0 Å². The summed E-state index contributed by atoms with van der Waals surface area (Å²) >= 11 is 0. The molecule has 2 atom stereocenters. The van der Waals surface area contributed by atoms with Crippen molar-refractivity contribution in [1.29, 1.82) is 0 Å². The maximum absolute atomic E-state index is 14.1. The molecule has 0 aromatic heterocycles. The molecule has 0 spiro atoms. The molecule has 1 aliphatic rings. The van der Waals surface area contributed by atoms with Gasteiger partial charge in [-0.05, 0) is 58.1 Å². The van der Waals surface area contributed by atoms with Gasteiger partial charge in [-0.1, -0.05) is 74.1 Å². The zero-order valence-corrected chi connectivity index (χ0v) is 20.6. The number of rotatable bonds is 9. The van der Waals surface area contributed by atoms with Crippen molar-refractivity contribution in [3.8, 4) is 0 Å². The quantitative estimate of drug-likeness (QED) is 0.257. The van der Waals surface area contributed by atoms with Gasteiger partial charge in [-0.3, -0.25) is 9.59 Å². The zero-order chi connectivity index (χ0) is 22.9. The Labute approximate surface area is 184 Å². The molecule has 0 radical (unpaired) electrons. The number of aryl methyl sites for hydroxylation is 3. The van der Waals surface area contributed by atoms with Gasteiger partial charge in [0.2, 0.25) is 0 Å². The lowest BCUT2D eigenvalue weighted by atomic mass is 9.53. The molecular formula is C25H40O4P+. The van der Waals surface area contributed by atoms with Crippen LogP contribution in [0.3, 0.4) is 0 Å². The first-order chi connectivity index (χ1) is 14.2. The molecule has 0 aliphatic heterocycles. The predicted octanol–water partition coefficient (Wildman–Crippen LogP) is 7.01. The van der Waals surface area contributed by atoms with E-state index in [1.165, 1.54) is 9.12 Å². The first-order valence-electron chi connectivity index (χ1n) is 11.3. The molecule has 1 aromatic carbocycles. The van der Waals surface area contributed by atoms with E-state index in [2.05, 4.69) is 19.1 Å². The predicted molar refractivity (Wildman–Crippen MR) is 125 cm³/mol. The van der Waals surface area contributed by atoms with Crippen molar-refractivity contribution >= 4 is 20.9 Å². The molecule has 1 saturated carbocycles. The lowest BCUT2D eigenvalue weighted by Gasteiger charge is -2.48. The first kappa shape index (κ1) is 26.5. The number of carboxylic acid groups (broad SMARTS) is 1. The molecule has 1 fully saturated rings. The van der Waals surface area contributed by atoms with Crippen LogP contribution in [-0.2, 0) is 9.36 Å². The number of unbranched alkanes of at least 4 members (excludes halogenated alkanes) is 3. The second kappa shape index (κ2) is 11.7. The van der Waals surface area contributed by atoms with Crippen molar-refractivity contribution in [2.45, 2.75) is 98.8 Å². The normalized spacial score (nSPS) is 17.4. The fourth-order valence-corrected chi connectivity index (χ4v) is 5.42. The van der Waals surface area contributed by atoms with Crippen molar-refractivity contribution in [2.24, 2.45) is 10.8 Å². The van der Waals surface area contributed by atoms with Crippen molar-refractivity contribution in [2.75, 3.05) is 0 Å². The molecule has 5 heteroatoms. The lowest BCUT2D eigenvalue weighted by Crippen LogP contribution is -2.52. The van der Waals surface area contributed by atoms with Gasteiger partial charge >= 0.3 is 15.1 Å². The Morgan fingerprint density at radius 2 is 1.53 bits per heavy atom. The molecule has 1 aromatic rings. The van der Waals surface area contributed by atoms with Crippen molar-refractivity contribution in [3.63, 3.8) is 0 Å². The number of carbonyl (C=O) groups is 2. The largest absolute Gasteiger partial charge is 0.481 e. The summed E-state index contributed by atoms with van der Waals surface area (Å²) in [7, 11) is 1.17. The summed E-state index contributed by atoms with van der Waals surface area (Å²) in [6.45, 7) is 10.0. The van der Waals surface area contributed by atoms with E-state index in [0.29, 0.717) is 19.3 Å². The molecule has 168 valence electrons. The van der Waals surface area contributed by atoms with Crippen LogP contribution in [0.1, 0.15) is 105 Å². The van der Waals surface area contributed by atoms with Crippen LogP contribution in [0.25, 0.3) is 0 Å². The average Bonchev–Trinajstić information content (AvgIpc) is 2.72. The van der Waals surface area contributed by atoms with Crippen LogP contribution < -0.4 is 0 Å². The van der Waals surface area contributed by atoms with E-state index in [4.69, 9.17) is 4.57 Å². The SMILES string of the molecule is CCCCCCC(C)(C(=O)O)C1(C(=O)c2c(C)cc(C)cc2C)CCCCC1.O=[PH2+]. The molecular weight excluding hydrogens is 395 g/mol. The topological polar surface area (TPSA) is 71.4 Å². The number of Topliss-reactive ketones (excluding diaryl/α,β-unsaturated/α-hetero) is 1. The highest BCUT2D eigenvalue weighted by atomic mass is 31.0. The van der Waals surface area contributed by atoms with Gasteiger partial charge in [0, 0.05) is 11.0 Å². The Balaban J connectivity index is 0.00000218. The minimum absolute atomic E-state index is 0.0718. The minimum atomic E-state index is -1.01. The van der Waals surface area contributed by atoms with Crippen LogP contribution in [-0.4, -0.2) is 16.9 Å². The first-order valence-corrected chi connectivity index (χ1v) is 11.8. The average molecular weight is 436 g/mol. The summed E-state index contributed by atoms with van der Waals surface area (Å²) in [4.78, 5) is 26.6. The number of carboxylic acids is 1. The second-order valence-electron chi connectivity index (χ2n) is 9.19. The number of ketones is 1. The number of hydrogen-bond donors (Lipinski definition) is 1. The summed E-state index contributed by atoms with van der Waals surface area (Å²) in [5.41, 5.74) is 2.05. The highest BCUT2D eigenvalue weighted by Gasteiger charge is 2.57. The van der Waals surface area contributed by atoms with Crippen LogP contribution >= 0.6 is 9.12 Å². The summed E-state index contributed by atoms with van der Waals surface area (Å²) in [6, 6.07) is 4.10. The van der Waals surface area contributed by atoms with E-state index >= 15 is 0 Å². The smallest absolute Gasteiger partial charge is 0.310 e. The Morgan fingerprint density at radius 3 is 2.00 bits per heavy atom. The fourth-order valence-electron chi connectivity index (χ4n) is 5.42. The van der Waals surface area contributed by atoms with E-state index in [9.17, 15) is 14.7 Å². The monoisotopic (exact) mass is 435 g/mol. The van der Waals surface area contributed by atoms with Crippen LogP contribution in [0.2, 0.25) is 0 Å². The van der Waals surface area contributed by atoms with E-state index in [0.717, 1.165) is 67.2 Å². The zero-order valence-electron chi connectivity index (χ0n) is 19.5. The van der Waals surface area contributed by atoms with Crippen LogP contribution in [0, 0.1) is 31.6 Å². The van der Waals surface area contributed by atoms with Gasteiger partial charge in [-0.25, -0.2) is 0 Å². The maximum Gasteiger partial charge on any atom is 0.310 e. The van der Waals surface area contributed by atoms with Crippen molar-refractivity contribution < 1.29 is 19.3 Å². The Hall–Kier alpha value is -1.54. The van der Waals surface area contributed by atoms with E-state index in [1.807, 2.05) is 27.7 Å². The second-order valence-corrected chi connectivity index (χ2v) is 9.19.